The molecule has 3 heterocycles. The number of para-hydroxylation sites is 1. The number of ether oxygens (including phenoxy) is 1. The number of hydrogen-bond donors (Lipinski definition) is 3. The summed E-state index contributed by atoms with van der Waals surface area (Å²) in [4.78, 5) is 29.7. The van der Waals surface area contributed by atoms with E-state index in [4.69, 9.17) is 4.74 Å². The minimum Gasteiger partial charge on any atom is -0.457 e. The number of allylic oxidation sites excluding steroid dienone is 1. The number of benzene rings is 2. The van der Waals surface area contributed by atoms with Gasteiger partial charge in [-0.3, -0.25) is 14.5 Å². The first kappa shape index (κ1) is 28.0. The summed E-state index contributed by atoms with van der Waals surface area (Å²) in [5.74, 6) is 0.704. The molecule has 2 fully saturated rings. The molecule has 2 unspecified atom stereocenters. The first-order chi connectivity index (χ1) is 20.1. The van der Waals surface area contributed by atoms with Gasteiger partial charge >= 0.3 is 0 Å². The third kappa shape index (κ3) is 6.84. The minimum absolute atomic E-state index is 0.0165. The van der Waals surface area contributed by atoms with E-state index in [0.29, 0.717) is 17.1 Å². The third-order valence-electron chi connectivity index (χ3n) is 9.17. The maximum absolute atomic E-state index is 14.0. The molecule has 0 saturated carbocycles. The van der Waals surface area contributed by atoms with Crippen LogP contribution in [0.1, 0.15) is 91.6 Å². The lowest BCUT2D eigenvalue weighted by Crippen LogP contribution is -2.46. The normalized spacial score (nSPS) is 24.8. The van der Waals surface area contributed by atoms with Crippen LogP contribution in [0.5, 0.6) is 11.5 Å². The molecule has 4 aliphatic rings. The predicted molar refractivity (Wildman–Crippen MR) is 162 cm³/mol. The number of likely N-dealkylation sites (tertiary alicyclic amines) is 1. The minimum atomic E-state index is -0.517. The molecule has 6 rings (SSSR count). The van der Waals surface area contributed by atoms with E-state index in [9.17, 15) is 9.59 Å². The second-order valence-electron chi connectivity index (χ2n) is 12.2. The van der Waals surface area contributed by atoms with E-state index in [-0.39, 0.29) is 23.9 Å². The van der Waals surface area contributed by atoms with Crippen molar-refractivity contribution in [3.8, 4) is 11.5 Å². The molecule has 2 amide bonds. The second-order valence-corrected chi connectivity index (χ2v) is 12.2. The molecule has 0 aromatic heterocycles. The van der Waals surface area contributed by atoms with Crippen LogP contribution in [-0.4, -0.2) is 61.5 Å². The van der Waals surface area contributed by atoms with Gasteiger partial charge in [0.15, 0.2) is 0 Å². The highest BCUT2D eigenvalue weighted by atomic mass is 16.5. The molecule has 2 aromatic rings. The quantitative estimate of drug-likeness (QED) is 0.423. The van der Waals surface area contributed by atoms with E-state index in [1.54, 1.807) is 11.6 Å². The van der Waals surface area contributed by atoms with Gasteiger partial charge in [0.1, 0.15) is 11.5 Å². The van der Waals surface area contributed by atoms with Crippen LogP contribution >= 0.6 is 0 Å². The fraction of sp³-hybridized carbons (Fsp3) is 0.529. The molecule has 0 radical (unpaired) electrons. The Morgan fingerprint density at radius 1 is 0.878 bits per heavy atom. The van der Waals surface area contributed by atoms with Crippen LogP contribution in [0.15, 0.2) is 54.1 Å². The zero-order valence-electron chi connectivity index (χ0n) is 24.1. The van der Waals surface area contributed by atoms with E-state index in [1.807, 2.05) is 36.4 Å². The lowest BCUT2D eigenvalue weighted by atomic mass is 9.85. The van der Waals surface area contributed by atoms with Crippen molar-refractivity contribution in [1.82, 2.24) is 20.9 Å². The summed E-state index contributed by atoms with van der Waals surface area (Å²) in [5.41, 5.74) is 3.76. The first-order valence-electron chi connectivity index (χ1n) is 15.8. The number of rotatable bonds is 6. The molecule has 2 aromatic carbocycles. The molecule has 41 heavy (non-hydrogen) atoms. The Morgan fingerprint density at radius 3 is 2.56 bits per heavy atom. The Hall–Kier alpha value is -3.16. The number of carbonyl (C=O) groups excluding carboxylic acids is 2. The fourth-order valence-electron chi connectivity index (χ4n) is 6.84. The van der Waals surface area contributed by atoms with Crippen LogP contribution < -0.4 is 20.7 Å². The van der Waals surface area contributed by atoms with Gasteiger partial charge in [0.25, 0.3) is 5.91 Å². The van der Waals surface area contributed by atoms with Crippen molar-refractivity contribution < 1.29 is 14.3 Å². The molecule has 1 aliphatic carbocycles. The fourth-order valence-corrected chi connectivity index (χ4v) is 6.84. The van der Waals surface area contributed by atoms with Crippen LogP contribution in [0.3, 0.4) is 0 Å². The van der Waals surface area contributed by atoms with Gasteiger partial charge in [0.2, 0.25) is 5.91 Å². The van der Waals surface area contributed by atoms with Gasteiger partial charge in [-0.05, 0) is 82.2 Å². The Bertz CT molecular complexity index is 1260. The number of carbonyl (C=O) groups is 2. The predicted octanol–water partition coefficient (Wildman–Crippen LogP) is 5.27. The summed E-state index contributed by atoms with van der Waals surface area (Å²) in [5, 5.41) is 9.89. The van der Waals surface area contributed by atoms with Gasteiger partial charge in [-0.1, -0.05) is 42.7 Å². The maximum atomic E-state index is 14.0. The summed E-state index contributed by atoms with van der Waals surface area (Å²) >= 11 is 0. The van der Waals surface area contributed by atoms with E-state index >= 15 is 0 Å². The Labute approximate surface area is 244 Å². The van der Waals surface area contributed by atoms with Gasteiger partial charge < -0.3 is 20.7 Å². The van der Waals surface area contributed by atoms with Gasteiger partial charge in [0, 0.05) is 55.0 Å². The number of nitrogens with zero attached hydrogens (tertiary/aromatic N) is 1. The van der Waals surface area contributed by atoms with Crippen molar-refractivity contribution in [2.75, 3.05) is 32.7 Å². The van der Waals surface area contributed by atoms with Gasteiger partial charge in [-0.2, -0.15) is 0 Å². The second kappa shape index (κ2) is 13.2. The highest BCUT2D eigenvalue weighted by Gasteiger charge is 2.35. The van der Waals surface area contributed by atoms with Crippen LogP contribution in [0, 0.1) is 0 Å². The molecule has 0 bridgehead atoms. The molecule has 2 atom stereocenters. The monoisotopic (exact) mass is 556 g/mol. The smallest absolute Gasteiger partial charge is 0.251 e. The summed E-state index contributed by atoms with van der Waals surface area (Å²) < 4.78 is 6.20. The van der Waals surface area contributed by atoms with E-state index in [1.165, 1.54) is 38.5 Å². The van der Waals surface area contributed by atoms with Gasteiger partial charge in [-0.15, -0.1) is 0 Å². The number of nitrogens with one attached hydrogen (secondary N) is 3. The Balaban J connectivity index is 1.13. The average Bonchev–Trinajstić information content (AvgIpc) is 2.98. The zero-order chi connectivity index (χ0) is 28.0. The average molecular weight is 557 g/mol. The third-order valence-corrected chi connectivity index (χ3v) is 9.17. The Morgan fingerprint density at radius 2 is 1.71 bits per heavy atom. The van der Waals surface area contributed by atoms with Crippen molar-refractivity contribution in [2.24, 2.45) is 0 Å². The summed E-state index contributed by atoms with van der Waals surface area (Å²) in [6.07, 6.45) is 14.2. The lowest BCUT2D eigenvalue weighted by molar-refractivity contribution is -0.122. The van der Waals surface area contributed by atoms with Crippen molar-refractivity contribution in [3.05, 3.63) is 70.8 Å². The summed E-state index contributed by atoms with van der Waals surface area (Å²) in [7, 11) is 0. The molecule has 3 aliphatic heterocycles. The summed E-state index contributed by atoms with van der Waals surface area (Å²) in [6, 6.07) is 13.5. The van der Waals surface area contributed by atoms with Crippen molar-refractivity contribution in [1.29, 1.82) is 0 Å². The molecule has 218 valence electrons. The zero-order valence-corrected chi connectivity index (χ0v) is 24.1. The van der Waals surface area contributed by atoms with E-state index in [0.717, 1.165) is 69.5 Å². The van der Waals surface area contributed by atoms with Crippen LogP contribution in [0.2, 0.25) is 0 Å². The largest absolute Gasteiger partial charge is 0.457 e. The SMILES string of the molecule is O=C(NC1CCCNC1)c1ccc2c(c1)C(C(=O)NC1CCN(C/C3=C/CCCCCC3)CC1)c1ccccc1O2. The molecular weight excluding hydrogens is 512 g/mol. The molecule has 7 nitrogen and oxygen atoms in total. The molecular formula is C34H44N4O3. The standard InChI is InChI=1S/C34H44N4O3/c39-33(37-27-11-8-18-35-22-27)25-14-15-31-29(21-25)32(28-12-6-7-13-30(28)41-31)34(40)36-26-16-19-38(20-17-26)23-24-9-4-2-1-3-5-10-24/h6-7,9,12-15,21,26-27,32,35H,1-5,8,10-11,16-20,22-23H2,(H,36,40)(H,37,39)/b24-9+. The molecule has 3 N–H and O–H groups in total. The van der Waals surface area contributed by atoms with Crippen molar-refractivity contribution >= 4 is 11.8 Å². The first-order valence-corrected chi connectivity index (χ1v) is 15.8. The van der Waals surface area contributed by atoms with E-state index < -0.39 is 5.92 Å². The van der Waals surface area contributed by atoms with Crippen LogP contribution in [0.4, 0.5) is 0 Å². The van der Waals surface area contributed by atoms with Crippen LogP contribution in [0.25, 0.3) is 0 Å². The Kier molecular flexibility index (Phi) is 9.02. The number of piperidine rings is 2. The molecule has 2 saturated heterocycles. The summed E-state index contributed by atoms with van der Waals surface area (Å²) in [6.45, 7) is 4.86. The van der Waals surface area contributed by atoms with E-state index in [2.05, 4.69) is 26.9 Å². The molecule has 0 spiro atoms. The highest BCUT2D eigenvalue weighted by molar-refractivity contribution is 5.96. The van der Waals surface area contributed by atoms with Crippen molar-refractivity contribution in [2.45, 2.75) is 82.2 Å². The number of amides is 2. The van der Waals surface area contributed by atoms with Gasteiger partial charge in [-0.25, -0.2) is 0 Å². The topological polar surface area (TPSA) is 82.7 Å². The van der Waals surface area contributed by atoms with Crippen molar-refractivity contribution in [3.63, 3.8) is 0 Å². The molecule has 7 heteroatoms. The van der Waals surface area contributed by atoms with Gasteiger partial charge in [0.05, 0.1) is 5.92 Å². The lowest BCUT2D eigenvalue weighted by Gasteiger charge is -2.35. The highest BCUT2D eigenvalue weighted by Crippen LogP contribution is 2.44. The number of hydrogen-bond acceptors (Lipinski definition) is 5. The number of fused-ring (bicyclic) bond motifs is 2. The maximum Gasteiger partial charge on any atom is 0.251 e. The van der Waals surface area contributed by atoms with Crippen LogP contribution in [-0.2, 0) is 4.79 Å².